The van der Waals surface area contributed by atoms with E-state index in [0.717, 1.165) is 22.3 Å². The highest BCUT2D eigenvalue weighted by Gasteiger charge is 2.42. The fourth-order valence-corrected chi connectivity index (χ4v) is 3.42. The van der Waals surface area contributed by atoms with E-state index < -0.39 is 55.2 Å². The monoisotopic (exact) mass is 447 g/mol. The summed E-state index contributed by atoms with van der Waals surface area (Å²) in [5.74, 6) is -1.47. The molecular weight excluding hydrogens is 427 g/mol. The van der Waals surface area contributed by atoms with Gasteiger partial charge in [0, 0.05) is 19.9 Å². The normalized spacial score (nSPS) is 21.4. The van der Waals surface area contributed by atoms with Gasteiger partial charge in [0.2, 0.25) is 5.95 Å². The Bertz CT molecular complexity index is 1050. The fourth-order valence-electron chi connectivity index (χ4n) is 3.42. The topological polar surface area (TPSA) is 141 Å². The summed E-state index contributed by atoms with van der Waals surface area (Å²) in [5, 5.41) is 0. The second-order valence-electron chi connectivity index (χ2n) is 6.92. The highest BCUT2D eigenvalue weighted by atomic mass is 19.4. The van der Waals surface area contributed by atoms with Crippen LogP contribution in [0.5, 0.6) is 0 Å². The van der Waals surface area contributed by atoms with Crippen molar-refractivity contribution >= 4 is 29.1 Å². The van der Waals surface area contributed by atoms with Gasteiger partial charge in [0.15, 0.2) is 11.9 Å². The number of aromatic nitrogens is 4. The van der Waals surface area contributed by atoms with Gasteiger partial charge < -0.3 is 19.9 Å². The second-order valence-corrected chi connectivity index (χ2v) is 6.92. The molecule has 31 heavy (non-hydrogen) atoms. The first-order valence-electron chi connectivity index (χ1n) is 9.19. The summed E-state index contributed by atoms with van der Waals surface area (Å²) in [6, 6.07) is 0. The molecule has 0 spiro atoms. The average molecular weight is 447 g/mol. The SMILES string of the molecule is COC(=O)C[C@@H]1C[C@@H](OC(C)=O)[C@H](n2c(=O)n(CCC(F)(F)F)c3cnc(N)nc32)O1. The van der Waals surface area contributed by atoms with Crippen LogP contribution in [0.4, 0.5) is 19.1 Å². The van der Waals surface area contributed by atoms with Crippen LogP contribution in [0.1, 0.15) is 32.4 Å². The summed E-state index contributed by atoms with van der Waals surface area (Å²) in [6.45, 7) is 0.468. The van der Waals surface area contributed by atoms with E-state index >= 15 is 0 Å². The quantitative estimate of drug-likeness (QED) is 0.640. The van der Waals surface area contributed by atoms with Gasteiger partial charge in [-0.05, 0) is 0 Å². The van der Waals surface area contributed by atoms with Crippen molar-refractivity contribution in [2.75, 3.05) is 12.8 Å². The Morgan fingerprint density at radius 1 is 1.39 bits per heavy atom. The molecule has 3 atom stereocenters. The number of fused-ring (bicyclic) bond motifs is 1. The van der Waals surface area contributed by atoms with E-state index in [0.29, 0.717) is 0 Å². The van der Waals surface area contributed by atoms with Gasteiger partial charge in [0.05, 0.1) is 32.3 Å². The average Bonchev–Trinajstić information content (AvgIpc) is 3.15. The van der Waals surface area contributed by atoms with Crippen molar-refractivity contribution in [2.24, 2.45) is 0 Å². The second kappa shape index (κ2) is 8.53. The number of nitrogens with zero attached hydrogens (tertiary/aromatic N) is 4. The van der Waals surface area contributed by atoms with Crippen molar-refractivity contribution in [1.82, 2.24) is 19.1 Å². The van der Waals surface area contributed by atoms with Gasteiger partial charge in [-0.3, -0.25) is 14.2 Å². The molecule has 170 valence electrons. The van der Waals surface area contributed by atoms with Crippen molar-refractivity contribution in [1.29, 1.82) is 0 Å². The molecule has 2 aromatic heterocycles. The zero-order valence-electron chi connectivity index (χ0n) is 16.6. The first kappa shape index (κ1) is 22.5. The number of alkyl halides is 3. The van der Waals surface area contributed by atoms with Crippen LogP contribution in [0, 0.1) is 0 Å². The van der Waals surface area contributed by atoms with Crippen LogP contribution in [-0.2, 0) is 30.3 Å². The summed E-state index contributed by atoms with van der Waals surface area (Å²) < 4.78 is 55.7. The number of anilines is 1. The van der Waals surface area contributed by atoms with Crippen LogP contribution < -0.4 is 11.4 Å². The molecular formula is C17H20F3N5O6. The van der Waals surface area contributed by atoms with Gasteiger partial charge in [0.1, 0.15) is 11.6 Å². The Morgan fingerprint density at radius 3 is 2.71 bits per heavy atom. The summed E-state index contributed by atoms with van der Waals surface area (Å²) in [7, 11) is 1.19. The fraction of sp³-hybridized carbons (Fsp3) is 0.588. The van der Waals surface area contributed by atoms with Crippen molar-refractivity contribution in [2.45, 2.75) is 57.3 Å². The van der Waals surface area contributed by atoms with Crippen LogP contribution in [-0.4, -0.2) is 56.5 Å². The molecule has 1 saturated heterocycles. The summed E-state index contributed by atoms with van der Waals surface area (Å²) >= 11 is 0. The van der Waals surface area contributed by atoms with Crippen molar-refractivity contribution < 1.29 is 37.0 Å². The van der Waals surface area contributed by atoms with E-state index in [2.05, 4.69) is 14.7 Å². The molecule has 0 saturated carbocycles. The number of hydrogen-bond donors (Lipinski definition) is 1. The van der Waals surface area contributed by atoms with E-state index in [4.69, 9.17) is 15.2 Å². The number of rotatable bonds is 6. The number of carbonyl (C=O) groups excluding carboxylic acids is 2. The molecule has 0 unspecified atom stereocenters. The molecule has 1 aliphatic rings. The number of hydrogen-bond acceptors (Lipinski definition) is 9. The Labute approximate surface area is 172 Å². The van der Waals surface area contributed by atoms with Crippen molar-refractivity contribution in [3.8, 4) is 0 Å². The minimum atomic E-state index is -4.50. The maximum absolute atomic E-state index is 13.1. The predicted molar refractivity (Wildman–Crippen MR) is 97.6 cm³/mol. The van der Waals surface area contributed by atoms with Crippen LogP contribution >= 0.6 is 0 Å². The van der Waals surface area contributed by atoms with Gasteiger partial charge in [-0.15, -0.1) is 0 Å². The van der Waals surface area contributed by atoms with Crippen LogP contribution in [0.2, 0.25) is 0 Å². The number of nitrogens with two attached hydrogens (primary N) is 1. The molecule has 14 heteroatoms. The zero-order valence-corrected chi connectivity index (χ0v) is 16.6. The van der Waals surface area contributed by atoms with E-state index in [1.807, 2.05) is 0 Å². The molecule has 3 heterocycles. The maximum Gasteiger partial charge on any atom is 0.390 e. The predicted octanol–water partition coefficient (Wildman–Crippen LogP) is 0.910. The lowest BCUT2D eigenvalue weighted by atomic mass is 10.1. The van der Waals surface area contributed by atoms with E-state index in [1.165, 1.54) is 7.11 Å². The number of nitrogen functional groups attached to an aromatic ring is 1. The van der Waals surface area contributed by atoms with Crippen LogP contribution in [0.25, 0.3) is 11.2 Å². The van der Waals surface area contributed by atoms with Gasteiger partial charge in [0.25, 0.3) is 0 Å². The Morgan fingerprint density at radius 2 is 2.10 bits per heavy atom. The number of carbonyl (C=O) groups is 2. The smallest absolute Gasteiger partial charge is 0.390 e. The molecule has 3 rings (SSSR count). The van der Waals surface area contributed by atoms with E-state index in [9.17, 15) is 27.6 Å². The summed E-state index contributed by atoms with van der Waals surface area (Å²) in [5.41, 5.74) is 4.65. The number of halogens is 3. The van der Waals surface area contributed by atoms with Crippen LogP contribution in [0.3, 0.4) is 0 Å². The zero-order chi connectivity index (χ0) is 22.9. The minimum Gasteiger partial charge on any atom is -0.469 e. The molecule has 11 nitrogen and oxygen atoms in total. The van der Waals surface area contributed by atoms with Gasteiger partial charge in [-0.25, -0.2) is 14.3 Å². The summed E-state index contributed by atoms with van der Waals surface area (Å²) in [4.78, 5) is 44.0. The highest BCUT2D eigenvalue weighted by Crippen LogP contribution is 2.34. The Hall–Kier alpha value is -3.16. The Balaban J connectivity index is 2.07. The third kappa shape index (κ3) is 4.95. The first-order valence-corrected chi connectivity index (χ1v) is 9.19. The maximum atomic E-state index is 13.1. The first-order chi connectivity index (χ1) is 14.5. The molecule has 2 aromatic rings. The highest BCUT2D eigenvalue weighted by molar-refractivity contribution is 5.72. The van der Waals surface area contributed by atoms with Crippen molar-refractivity contribution in [3.63, 3.8) is 0 Å². The van der Waals surface area contributed by atoms with Crippen LogP contribution in [0.15, 0.2) is 11.0 Å². The standard InChI is InChI=1S/C17H20F3N5O6/c1-8(26)30-11-5-9(6-12(27)29-2)31-14(11)25-13-10(7-22-15(21)23-13)24(16(25)28)4-3-17(18,19)20/h7,9,11,14H,3-6H2,1-2H3,(H2,21,22,23)/t9-,11+,14+/m0/s1. The number of esters is 2. The molecule has 2 N–H and O–H groups in total. The molecule has 0 radical (unpaired) electrons. The third-order valence-corrected chi connectivity index (χ3v) is 4.68. The van der Waals surface area contributed by atoms with E-state index in [-0.39, 0.29) is 30.0 Å². The lowest BCUT2D eigenvalue weighted by molar-refractivity contribution is -0.153. The minimum absolute atomic E-state index is 0.00467. The Kier molecular flexibility index (Phi) is 6.20. The molecule has 0 aromatic carbocycles. The number of ether oxygens (including phenoxy) is 3. The van der Waals surface area contributed by atoms with E-state index in [1.54, 1.807) is 0 Å². The molecule has 0 bridgehead atoms. The van der Waals surface area contributed by atoms with Crippen molar-refractivity contribution in [3.05, 3.63) is 16.7 Å². The van der Waals surface area contributed by atoms with Gasteiger partial charge in [-0.1, -0.05) is 0 Å². The van der Waals surface area contributed by atoms with Gasteiger partial charge >= 0.3 is 23.8 Å². The molecule has 1 fully saturated rings. The number of methoxy groups -OCH3 is 1. The van der Waals surface area contributed by atoms with Gasteiger partial charge in [-0.2, -0.15) is 18.2 Å². The third-order valence-electron chi connectivity index (χ3n) is 4.68. The molecule has 0 aliphatic carbocycles. The largest absolute Gasteiger partial charge is 0.469 e. The molecule has 1 aliphatic heterocycles. The number of imidazole rings is 1. The lowest BCUT2D eigenvalue weighted by Gasteiger charge is -2.19. The lowest BCUT2D eigenvalue weighted by Crippen LogP contribution is -2.34. The summed E-state index contributed by atoms with van der Waals surface area (Å²) in [6.07, 6.45) is -7.75. The number of aryl methyl sites for hydroxylation is 1. The molecule has 0 amide bonds.